The summed E-state index contributed by atoms with van der Waals surface area (Å²) in [4.78, 5) is 11.2. The minimum absolute atomic E-state index is 0.0197. The summed E-state index contributed by atoms with van der Waals surface area (Å²) in [6.07, 6.45) is 0. The summed E-state index contributed by atoms with van der Waals surface area (Å²) < 4.78 is 28.4. The molecule has 0 atom stereocenters. The van der Waals surface area contributed by atoms with Crippen LogP contribution in [0, 0.1) is 17.4 Å². The van der Waals surface area contributed by atoms with Gasteiger partial charge < -0.3 is 5.11 Å². The molecule has 0 saturated heterocycles. The first-order valence-electron chi connectivity index (χ1n) is 6.34. The first-order chi connectivity index (χ1) is 10.2. The molecule has 0 unspecified atom stereocenters. The van der Waals surface area contributed by atoms with Gasteiger partial charge in [0.2, 0.25) is 0 Å². The third kappa shape index (κ3) is 3.41. The third-order valence-electron chi connectivity index (χ3n) is 3.16. The predicted octanol–water partition coefficient (Wildman–Crippen LogP) is 3.41. The lowest BCUT2D eigenvalue weighted by Crippen LogP contribution is -2.16. The summed E-state index contributed by atoms with van der Waals surface area (Å²) in [5.41, 5.74) is 1.47. The summed E-state index contributed by atoms with van der Waals surface area (Å²) in [5.74, 6) is -1.15. The maximum atomic E-state index is 12.6. The summed E-state index contributed by atoms with van der Waals surface area (Å²) in [5, 5.41) is 9.16. The highest BCUT2D eigenvalue weighted by atomic mass is 127. The molecule has 0 aromatic heterocycles. The third-order valence-corrected chi connectivity index (χ3v) is 5.61. The molecule has 0 amide bonds. The number of anilines is 1. The van der Waals surface area contributed by atoms with Gasteiger partial charge >= 0.3 is 5.97 Å². The van der Waals surface area contributed by atoms with Crippen LogP contribution in [0.1, 0.15) is 21.5 Å². The highest BCUT2D eigenvalue weighted by Gasteiger charge is 2.21. The van der Waals surface area contributed by atoms with Gasteiger partial charge in [0.25, 0.3) is 10.0 Å². The largest absolute Gasteiger partial charge is 0.478 e. The number of aromatic carboxylic acids is 1. The molecule has 0 bridgehead atoms. The molecular formula is C15H14INO4S. The Labute approximate surface area is 142 Å². The number of rotatable bonds is 4. The Balaban J connectivity index is 2.52. The maximum absolute atomic E-state index is 12.6. The number of sulfonamides is 1. The Hall–Kier alpha value is -1.61. The van der Waals surface area contributed by atoms with Crippen molar-refractivity contribution >= 4 is 44.3 Å². The number of halogens is 1. The number of aryl methyl sites for hydroxylation is 2. The van der Waals surface area contributed by atoms with Gasteiger partial charge in [-0.15, -0.1) is 0 Å². The highest BCUT2D eigenvalue weighted by molar-refractivity contribution is 14.1. The lowest BCUT2D eigenvalue weighted by molar-refractivity contribution is 0.0696. The van der Waals surface area contributed by atoms with E-state index < -0.39 is 16.0 Å². The predicted molar refractivity (Wildman–Crippen MR) is 92.8 cm³/mol. The zero-order valence-corrected chi connectivity index (χ0v) is 14.9. The van der Waals surface area contributed by atoms with E-state index in [0.717, 1.165) is 3.57 Å². The van der Waals surface area contributed by atoms with Crippen LogP contribution in [0.3, 0.4) is 0 Å². The smallest absolute Gasteiger partial charge is 0.335 e. The molecule has 0 aliphatic carbocycles. The van der Waals surface area contributed by atoms with E-state index in [1.54, 1.807) is 44.2 Å². The zero-order chi connectivity index (χ0) is 16.5. The fourth-order valence-electron chi connectivity index (χ4n) is 2.10. The van der Waals surface area contributed by atoms with Crippen LogP contribution >= 0.6 is 22.6 Å². The van der Waals surface area contributed by atoms with Crippen molar-refractivity contribution in [2.75, 3.05) is 4.72 Å². The van der Waals surface area contributed by atoms with Gasteiger partial charge in [-0.25, -0.2) is 13.2 Å². The number of hydrogen-bond donors (Lipinski definition) is 2. The van der Waals surface area contributed by atoms with Gasteiger partial charge in [-0.1, -0.05) is 18.2 Å². The van der Waals surface area contributed by atoms with Gasteiger partial charge in [0.1, 0.15) is 0 Å². The SMILES string of the molecule is Cc1cc(C)c(S(=O)(=O)Nc2ccccc2I)cc1C(=O)O. The van der Waals surface area contributed by atoms with Crippen molar-refractivity contribution in [3.63, 3.8) is 0 Å². The van der Waals surface area contributed by atoms with Crippen molar-refractivity contribution in [2.24, 2.45) is 0 Å². The van der Waals surface area contributed by atoms with Crippen LogP contribution in [0.25, 0.3) is 0 Å². The van der Waals surface area contributed by atoms with Gasteiger partial charge in [0.05, 0.1) is 16.1 Å². The van der Waals surface area contributed by atoms with Gasteiger partial charge in [-0.2, -0.15) is 0 Å². The summed E-state index contributed by atoms with van der Waals surface area (Å²) in [6, 6.07) is 9.73. The molecule has 5 nitrogen and oxygen atoms in total. The number of nitrogens with one attached hydrogen (secondary N) is 1. The molecule has 0 spiro atoms. The van der Waals surface area contributed by atoms with Gasteiger partial charge in [0, 0.05) is 3.57 Å². The molecular weight excluding hydrogens is 417 g/mol. The Morgan fingerprint density at radius 2 is 1.77 bits per heavy atom. The van der Waals surface area contributed by atoms with Crippen LogP contribution in [0.15, 0.2) is 41.3 Å². The molecule has 0 fully saturated rings. The van der Waals surface area contributed by atoms with Crippen LogP contribution in [-0.4, -0.2) is 19.5 Å². The molecule has 2 aromatic rings. The van der Waals surface area contributed by atoms with E-state index in [1.807, 2.05) is 22.6 Å². The quantitative estimate of drug-likeness (QED) is 0.727. The van der Waals surface area contributed by atoms with Crippen LogP contribution in [-0.2, 0) is 10.0 Å². The van der Waals surface area contributed by atoms with E-state index >= 15 is 0 Å². The van der Waals surface area contributed by atoms with Crippen molar-refractivity contribution in [2.45, 2.75) is 18.7 Å². The molecule has 2 aromatic carbocycles. The van der Waals surface area contributed by atoms with Crippen molar-refractivity contribution < 1.29 is 18.3 Å². The molecule has 0 heterocycles. The first kappa shape index (κ1) is 16.8. The van der Waals surface area contributed by atoms with E-state index in [0.29, 0.717) is 16.8 Å². The summed E-state index contributed by atoms with van der Waals surface area (Å²) in [7, 11) is -3.86. The molecule has 0 saturated carbocycles. The van der Waals surface area contributed by atoms with Crippen LogP contribution < -0.4 is 4.72 Å². The molecule has 2 N–H and O–H groups in total. The van der Waals surface area contributed by atoms with E-state index in [4.69, 9.17) is 5.11 Å². The van der Waals surface area contributed by atoms with Crippen LogP contribution in [0.5, 0.6) is 0 Å². The average molecular weight is 431 g/mol. The average Bonchev–Trinajstić information content (AvgIpc) is 2.40. The molecule has 116 valence electrons. The molecule has 7 heteroatoms. The Morgan fingerprint density at radius 3 is 2.36 bits per heavy atom. The molecule has 22 heavy (non-hydrogen) atoms. The minimum atomic E-state index is -3.86. The zero-order valence-electron chi connectivity index (χ0n) is 11.9. The Bertz CT molecular complexity index is 847. The second-order valence-electron chi connectivity index (χ2n) is 4.82. The van der Waals surface area contributed by atoms with Crippen molar-refractivity contribution in [3.05, 3.63) is 56.7 Å². The minimum Gasteiger partial charge on any atom is -0.478 e. The number of carboxylic acids is 1. The van der Waals surface area contributed by atoms with Gasteiger partial charge in [-0.3, -0.25) is 4.72 Å². The molecule has 0 radical (unpaired) electrons. The second kappa shape index (κ2) is 6.25. The normalized spacial score (nSPS) is 11.2. The number of hydrogen-bond acceptors (Lipinski definition) is 3. The van der Waals surface area contributed by atoms with E-state index in [-0.39, 0.29) is 10.5 Å². The molecule has 2 rings (SSSR count). The second-order valence-corrected chi connectivity index (χ2v) is 7.64. The topological polar surface area (TPSA) is 83.5 Å². The fraction of sp³-hybridized carbons (Fsp3) is 0.133. The summed E-state index contributed by atoms with van der Waals surface area (Å²) >= 11 is 2.03. The van der Waals surface area contributed by atoms with Crippen LogP contribution in [0.2, 0.25) is 0 Å². The number of carboxylic acid groups (broad SMARTS) is 1. The lowest BCUT2D eigenvalue weighted by atomic mass is 10.1. The number of para-hydroxylation sites is 1. The monoisotopic (exact) mass is 431 g/mol. The highest BCUT2D eigenvalue weighted by Crippen LogP contribution is 2.25. The lowest BCUT2D eigenvalue weighted by Gasteiger charge is -2.13. The first-order valence-corrected chi connectivity index (χ1v) is 8.90. The van der Waals surface area contributed by atoms with Crippen LogP contribution in [0.4, 0.5) is 5.69 Å². The van der Waals surface area contributed by atoms with E-state index in [1.165, 1.54) is 6.07 Å². The molecule has 0 aliphatic rings. The maximum Gasteiger partial charge on any atom is 0.335 e. The fourth-order valence-corrected chi connectivity index (χ4v) is 4.13. The van der Waals surface area contributed by atoms with Crippen molar-refractivity contribution in [1.82, 2.24) is 0 Å². The van der Waals surface area contributed by atoms with E-state index in [9.17, 15) is 13.2 Å². The van der Waals surface area contributed by atoms with Crippen molar-refractivity contribution in [1.29, 1.82) is 0 Å². The summed E-state index contributed by atoms with van der Waals surface area (Å²) in [6.45, 7) is 3.28. The Kier molecular flexibility index (Phi) is 4.76. The number of carbonyl (C=O) groups is 1. The van der Waals surface area contributed by atoms with Crippen molar-refractivity contribution in [3.8, 4) is 0 Å². The van der Waals surface area contributed by atoms with E-state index in [2.05, 4.69) is 4.72 Å². The van der Waals surface area contributed by atoms with Gasteiger partial charge in [-0.05, 0) is 65.8 Å². The number of benzene rings is 2. The molecule has 0 aliphatic heterocycles. The standard InChI is InChI=1S/C15H14INO4S/c1-9-7-10(2)14(8-11(9)15(18)19)22(20,21)17-13-6-4-3-5-12(13)16/h3-8,17H,1-2H3,(H,18,19). The van der Waals surface area contributed by atoms with Gasteiger partial charge in [0.15, 0.2) is 0 Å². The Morgan fingerprint density at radius 1 is 1.14 bits per heavy atom.